The lowest BCUT2D eigenvalue weighted by molar-refractivity contribution is -0.121. The second kappa shape index (κ2) is 10.8. The average Bonchev–Trinajstić information content (AvgIpc) is 3.25. The molecular formula is C26H33F2N3O3. The first-order valence-electron chi connectivity index (χ1n) is 12.3. The lowest BCUT2D eigenvalue weighted by atomic mass is 9.74. The van der Waals surface area contributed by atoms with Gasteiger partial charge in [0.05, 0.1) is 5.69 Å². The van der Waals surface area contributed by atoms with E-state index in [2.05, 4.69) is 10.1 Å². The molecule has 1 aromatic carbocycles. The molecule has 1 aliphatic heterocycles. The topological polar surface area (TPSA) is 89.4 Å². The van der Waals surface area contributed by atoms with Crippen LogP contribution in [0.25, 0.3) is 0 Å². The van der Waals surface area contributed by atoms with E-state index in [0.29, 0.717) is 11.7 Å². The van der Waals surface area contributed by atoms with Crippen LogP contribution in [-0.4, -0.2) is 41.4 Å². The van der Waals surface area contributed by atoms with Gasteiger partial charge in [0, 0.05) is 17.5 Å². The molecule has 1 aromatic heterocycles. The summed E-state index contributed by atoms with van der Waals surface area (Å²) in [5.41, 5.74) is 6.70. The lowest BCUT2D eigenvalue weighted by Crippen LogP contribution is -2.38. The number of rotatable bonds is 8. The van der Waals surface area contributed by atoms with Gasteiger partial charge in [-0.15, -0.1) is 0 Å². The predicted octanol–water partition coefficient (Wildman–Crippen LogP) is 4.62. The molecule has 2 aliphatic rings. The quantitative estimate of drug-likeness (QED) is 0.565. The number of Topliss-reactive ketones (excluding diaryl/α,β-unsaturated/α-hetero) is 1. The second-order valence-electron chi connectivity index (χ2n) is 9.93. The van der Waals surface area contributed by atoms with Gasteiger partial charge in [-0.2, -0.15) is 0 Å². The summed E-state index contributed by atoms with van der Waals surface area (Å²) >= 11 is 0. The van der Waals surface area contributed by atoms with Crippen LogP contribution in [-0.2, 0) is 4.79 Å². The van der Waals surface area contributed by atoms with E-state index in [1.807, 2.05) is 13.0 Å². The zero-order chi connectivity index (χ0) is 24.2. The van der Waals surface area contributed by atoms with Crippen molar-refractivity contribution in [3.63, 3.8) is 0 Å². The Bertz CT molecular complexity index is 1010. The standard InChI is InChI=1S/C26H33F2N3O3/c1-16-14-23(34-30-16)24(26(29)33)18-4-2-17(3-5-18)8-11-31-12-9-19(10-13-31)25(32)20-6-7-21(27)22(28)15-20/h6-7,14-15,17-19,24H,2-5,8-13H2,1H3,(H2,29,33). The lowest BCUT2D eigenvalue weighted by Gasteiger charge is -2.35. The number of piperidine rings is 1. The van der Waals surface area contributed by atoms with Crippen LogP contribution in [0.5, 0.6) is 0 Å². The van der Waals surface area contributed by atoms with Crippen molar-refractivity contribution >= 4 is 11.7 Å². The van der Waals surface area contributed by atoms with E-state index in [0.717, 1.165) is 82.4 Å². The summed E-state index contributed by atoms with van der Waals surface area (Å²) in [6.07, 6.45) is 6.59. The Morgan fingerprint density at radius 1 is 1.09 bits per heavy atom. The number of likely N-dealkylation sites (tertiary alicyclic amines) is 1. The minimum Gasteiger partial charge on any atom is -0.369 e. The normalized spacial score (nSPS) is 23.0. The van der Waals surface area contributed by atoms with Crippen LogP contribution < -0.4 is 5.73 Å². The van der Waals surface area contributed by atoms with Crippen LogP contribution in [0.2, 0.25) is 0 Å². The third kappa shape index (κ3) is 5.71. The molecule has 1 saturated carbocycles. The van der Waals surface area contributed by atoms with Gasteiger partial charge in [-0.25, -0.2) is 8.78 Å². The van der Waals surface area contributed by atoms with Crippen molar-refractivity contribution in [1.29, 1.82) is 0 Å². The number of primary amides is 1. The van der Waals surface area contributed by atoms with Crippen molar-refractivity contribution in [3.8, 4) is 0 Å². The molecule has 1 aliphatic carbocycles. The van der Waals surface area contributed by atoms with Gasteiger partial charge in [-0.3, -0.25) is 9.59 Å². The number of nitrogens with zero attached hydrogens (tertiary/aromatic N) is 2. The summed E-state index contributed by atoms with van der Waals surface area (Å²) in [6, 6.07) is 5.20. The summed E-state index contributed by atoms with van der Waals surface area (Å²) in [7, 11) is 0. The third-order valence-corrected chi connectivity index (χ3v) is 7.64. The highest BCUT2D eigenvalue weighted by Gasteiger charge is 2.35. The van der Waals surface area contributed by atoms with Crippen LogP contribution in [0.4, 0.5) is 8.78 Å². The Morgan fingerprint density at radius 2 is 1.79 bits per heavy atom. The number of aromatic nitrogens is 1. The Hall–Kier alpha value is -2.61. The summed E-state index contributed by atoms with van der Waals surface area (Å²) in [4.78, 5) is 27.1. The molecule has 2 heterocycles. The van der Waals surface area contributed by atoms with E-state index in [4.69, 9.17) is 10.3 Å². The van der Waals surface area contributed by atoms with Crippen molar-refractivity contribution in [2.45, 2.75) is 57.8 Å². The Labute approximate surface area is 198 Å². The molecule has 184 valence electrons. The van der Waals surface area contributed by atoms with E-state index >= 15 is 0 Å². The molecule has 1 saturated heterocycles. The number of amides is 1. The average molecular weight is 474 g/mol. The van der Waals surface area contributed by atoms with Gasteiger partial charge in [0.1, 0.15) is 11.7 Å². The van der Waals surface area contributed by atoms with Crippen molar-refractivity contribution < 1.29 is 22.9 Å². The fourth-order valence-electron chi connectivity index (χ4n) is 5.61. The predicted molar refractivity (Wildman–Crippen MR) is 123 cm³/mol. The zero-order valence-corrected chi connectivity index (χ0v) is 19.6. The van der Waals surface area contributed by atoms with Gasteiger partial charge >= 0.3 is 0 Å². The zero-order valence-electron chi connectivity index (χ0n) is 19.6. The fraction of sp³-hybridized carbons (Fsp3) is 0.577. The van der Waals surface area contributed by atoms with Crippen molar-refractivity contribution in [2.75, 3.05) is 19.6 Å². The van der Waals surface area contributed by atoms with Crippen molar-refractivity contribution in [1.82, 2.24) is 10.1 Å². The highest BCUT2D eigenvalue weighted by molar-refractivity contribution is 5.97. The largest absolute Gasteiger partial charge is 0.369 e. The maximum atomic E-state index is 13.5. The minimum atomic E-state index is -0.976. The first kappa shape index (κ1) is 24.5. The van der Waals surface area contributed by atoms with Gasteiger partial charge in [-0.1, -0.05) is 18.0 Å². The molecule has 8 heteroatoms. The third-order valence-electron chi connectivity index (χ3n) is 7.64. The Morgan fingerprint density at radius 3 is 2.38 bits per heavy atom. The summed E-state index contributed by atoms with van der Waals surface area (Å²) in [5.74, 6) is -1.51. The Balaban J connectivity index is 1.20. The van der Waals surface area contributed by atoms with Gasteiger partial charge in [0.25, 0.3) is 0 Å². The monoisotopic (exact) mass is 473 g/mol. The summed E-state index contributed by atoms with van der Waals surface area (Å²) in [5, 5.41) is 3.91. The van der Waals surface area contributed by atoms with E-state index in [9.17, 15) is 18.4 Å². The molecule has 34 heavy (non-hydrogen) atoms. The van der Waals surface area contributed by atoms with Gasteiger partial charge < -0.3 is 15.2 Å². The summed E-state index contributed by atoms with van der Waals surface area (Å²) < 4.78 is 32.0. The molecule has 2 aromatic rings. The molecule has 2 N–H and O–H groups in total. The molecule has 1 amide bonds. The number of benzene rings is 1. The molecule has 1 unspecified atom stereocenters. The molecule has 1 atom stereocenters. The molecule has 2 fully saturated rings. The second-order valence-corrected chi connectivity index (χ2v) is 9.93. The van der Waals surface area contributed by atoms with Gasteiger partial charge in [0.2, 0.25) is 5.91 Å². The molecule has 0 bridgehead atoms. The number of carbonyl (C=O) groups excluding carboxylic acids is 2. The highest BCUT2D eigenvalue weighted by Crippen LogP contribution is 2.39. The molecule has 6 nitrogen and oxygen atoms in total. The van der Waals surface area contributed by atoms with E-state index in [1.165, 1.54) is 6.07 Å². The molecular weight excluding hydrogens is 440 g/mol. The van der Waals surface area contributed by atoms with Gasteiger partial charge in [-0.05, 0) is 88.7 Å². The fourth-order valence-corrected chi connectivity index (χ4v) is 5.61. The minimum absolute atomic E-state index is 0.0946. The highest BCUT2D eigenvalue weighted by atomic mass is 19.2. The number of carbonyl (C=O) groups is 2. The maximum Gasteiger partial charge on any atom is 0.228 e. The van der Waals surface area contributed by atoms with Crippen LogP contribution in [0.3, 0.4) is 0 Å². The van der Waals surface area contributed by atoms with E-state index in [-0.39, 0.29) is 29.1 Å². The van der Waals surface area contributed by atoms with Gasteiger partial charge in [0.15, 0.2) is 17.4 Å². The van der Waals surface area contributed by atoms with E-state index < -0.39 is 17.6 Å². The molecule has 0 spiro atoms. The smallest absolute Gasteiger partial charge is 0.228 e. The summed E-state index contributed by atoms with van der Waals surface area (Å²) in [6.45, 7) is 4.50. The number of nitrogens with two attached hydrogens (primary N) is 1. The van der Waals surface area contributed by atoms with Crippen molar-refractivity contribution in [2.24, 2.45) is 23.5 Å². The molecule has 0 radical (unpaired) electrons. The Kier molecular flexibility index (Phi) is 7.76. The first-order chi connectivity index (χ1) is 16.3. The number of aryl methyl sites for hydroxylation is 1. The van der Waals surface area contributed by atoms with Crippen LogP contribution >= 0.6 is 0 Å². The van der Waals surface area contributed by atoms with Crippen LogP contribution in [0.15, 0.2) is 28.8 Å². The van der Waals surface area contributed by atoms with Crippen LogP contribution in [0.1, 0.15) is 72.7 Å². The number of hydrogen-bond acceptors (Lipinski definition) is 5. The number of halogens is 2. The van der Waals surface area contributed by atoms with E-state index in [1.54, 1.807) is 0 Å². The first-order valence-corrected chi connectivity index (χ1v) is 12.3. The number of ketones is 1. The van der Waals surface area contributed by atoms with Crippen LogP contribution in [0, 0.1) is 36.3 Å². The van der Waals surface area contributed by atoms with Crippen molar-refractivity contribution in [3.05, 3.63) is 52.9 Å². The maximum absolute atomic E-state index is 13.5. The number of hydrogen-bond donors (Lipinski definition) is 1. The SMILES string of the molecule is Cc1cc(C(C(N)=O)C2CCC(CCN3CCC(C(=O)c4ccc(F)c(F)c4)CC3)CC2)on1. The molecule has 4 rings (SSSR count).